The van der Waals surface area contributed by atoms with Gasteiger partial charge in [-0.1, -0.05) is 0 Å². The number of aliphatic hydroxyl groups is 1. The molecule has 0 bridgehead atoms. The summed E-state index contributed by atoms with van der Waals surface area (Å²) in [7, 11) is 1.55. The topological polar surface area (TPSA) is 85.6 Å². The van der Waals surface area contributed by atoms with Gasteiger partial charge in [-0.25, -0.2) is 4.98 Å². The van der Waals surface area contributed by atoms with Gasteiger partial charge in [0.05, 0.1) is 25.7 Å². The Hall–Kier alpha value is -1.99. The van der Waals surface area contributed by atoms with Gasteiger partial charge in [-0.3, -0.25) is 0 Å². The maximum Gasteiger partial charge on any atom is 0.186 e. The third-order valence-corrected chi connectivity index (χ3v) is 2.49. The lowest BCUT2D eigenvalue weighted by atomic mass is 10.2. The lowest BCUT2D eigenvalue weighted by Gasteiger charge is -2.07. The molecular weight excluding hydrogens is 224 g/mol. The second kappa shape index (κ2) is 3.79. The summed E-state index contributed by atoms with van der Waals surface area (Å²) >= 11 is 0. The number of hydrogen-bond acceptors (Lipinski definition) is 6. The van der Waals surface area contributed by atoms with Crippen molar-refractivity contribution in [2.75, 3.05) is 7.11 Å². The summed E-state index contributed by atoms with van der Waals surface area (Å²) in [6.07, 6.45) is 3.49. The van der Waals surface area contributed by atoms with Crippen LogP contribution in [0.1, 0.15) is 11.7 Å². The monoisotopic (exact) mass is 234 g/mol. The molecule has 1 saturated heterocycles. The van der Waals surface area contributed by atoms with E-state index in [0.29, 0.717) is 17.1 Å². The van der Waals surface area contributed by atoms with Gasteiger partial charge in [-0.15, -0.1) is 4.80 Å². The third-order valence-electron chi connectivity index (χ3n) is 2.49. The van der Waals surface area contributed by atoms with Crippen molar-refractivity contribution < 1.29 is 14.6 Å². The molecule has 0 radical (unpaired) electrons. The van der Waals surface area contributed by atoms with Crippen LogP contribution in [-0.2, 0) is 4.74 Å². The van der Waals surface area contributed by atoms with Crippen LogP contribution in [0.3, 0.4) is 0 Å². The van der Waals surface area contributed by atoms with Gasteiger partial charge in [0.25, 0.3) is 0 Å². The molecule has 1 N–H and O–H groups in total. The zero-order chi connectivity index (χ0) is 11.8. The van der Waals surface area contributed by atoms with Crippen LogP contribution in [0.5, 0.6) is 5.75 Å². The van der Waals surface area contributed by atoms with E-state index < -0.39 is 12.4 Å². The van der Waals surface area contributed by atoms with Gasteiger partial charge in [-0.2, -0.15) is 10.2 Å². The normalized spacial score (nSPS) is 22.5. The Labute approximate surface area is 96.6 Å². The molecule has 1 aliphatic heterocycles. The fraction of sp³-hybridized carbons (Fsp3) is 0.300. The van der Waals surface area contributed by atoms with Crippen LogP contribution in [0.4, 0.5) is 0 Å². The van der Waals surface area contributed by atoms with Crippen molar-refractivity contribution >= 4 is 0 Å². The van der Waals surface area contributed by atoms with Gasteiger partial charge >= 0.3 is 0 Å². The number of epoxide rings is 1. The van der Waals surface area contributed by atoms with E-state index in [4.69, 9.17) is 9.47 Å². The predicted octanol–water partition coefficient (Wildman–Crippen LogP) is 0.0606. The van der Waals surface area contributed by atoms with E-state index in [1.54, 1.807) is 31.8 Å². The number of nitrogens with zero attached hydrogens (tertiary/aromatic N) is 4. The number of pyridine rings is 1. The average Bonchev–Trinajstić information content (AvgIpc) is 2.87. The number of hydrogen-bond donors (Lipinski definition) is 1. The van der Waals surface area contributed by atoms with Gasteiger partial charge in [0, 0.05) is 5.56 Å². The smallest absolute Gasteiger partial charge is 0.186 e. The maximum absolute atomic E-state index is 9.32. The molecular formula is C10H10N4O3. The zero-order valence-corrected chi connectivity index (χ0v) is 9.02. The van der Waals surface area contributed by atoms with E-state index in [9.17, 15) is 5.11 Å². The molecule has 7 heteroatoms. The minimum atomic E-state index is -0.793. The predicted molar refractivity (Wildman–Crippen MR) is 55.5 cm³/mol. The van der Waals surface area contributed by atoms with Gasteiger partial charge in [0.15, 0.2) is 12.1 Å². The largest absolute Gasteiger partial charge is 0.495 e. The van der Waals surface area contributed by atoms with Crippen molar-refractivity contribution in [2.45, 2.75) is 12.4 Å². The molecule has 88 valence electrons. The van der Waals surface area contributed by atoms with Crippen molar-refractivity contribution in [2.24, 2.45) is 0 Å². The molecule has 3 heterocycles. The number of aliphatic hydroxyl groups excluding tert-OH is 1. The molecule has 1 aliphatic rings. The first kappa shape index (κ1) is 10.2. The molecule has 17 heavy (non-hydrogen) atoms. The fourth-order valence-electron chi connectivity index (χ4n) is 1.60. The molecule has 2 aromatic rings. The van der Waals surface area contributed by atoms with E-state index in [1.807, 2.05) is 0 Å². The Morgan fingerprint density at radius 1 is 1.41 bits per heavy atom. The number of aromatic nitrogens is 4. The van der Waals surface area contributed by atoms with Crippen LogP contribution < -0.4 is 4.74 Å². The van der Waals surface area contributed by atoms with Gasteiger partial charge < -0.3 is 14.6 Å². The van der Waals surface area contributed by atoms with Crippen LogP contribution >= 0.6 is 0 Å². The first-order valence-corrected chi connectivity index (χ1v) is 5.04. The lowest BCUT2D eigenvalue weighted by molar-refractivity contribution is 0.156. The Morgan fingerprint density at radius 3 is 2.71 bits per heavy atom. The first-order chi connectivity index (χ1) is 8.29. The Kier molecular flexibility index (Phi) is 2.27. The highest BCUT2D eigenvalue weighted by Gasteiger charge is 2.41. The lowest BCUT2D eigenvalue weighted by Crippen LogP contribution is -2.06. The van der Waals surface area contributed by atoms with Gasteiger partial charge in [0.1, 0.15) is 11.9 Å². The average molecular weight is 234 g/mol. The summed E-state index contributed by atoms with van der Waals surface area (Å²) in [6.45, 7) is 0. The molecule has 2 atom stereocenters. The quantitative estimate of drug-likeness (QED) is 0.756. The van der Waals surface area contributed by atoms with E-state index in [0.717, 1.165) is 0 Å². The molecule has 0 saturated carbocycles. The second-order valence-electron chi connectivity index (χ2n) is 3.55. The highest BCUT2D eigenvalue weighted by atomic mass is 16.7. The molecule has 2 unspecified atom stereocenters. The number of ether oxygens (including phenoxy) is 2. The van der Waals surface area contributed by atoms with E-state index >= 15 is 0 Å². The standard InChI is InChI=1S/C10H10N4O3/c1-16-6-4-7(8-10(15)17-8)9(11-5-6)14-12-2-3-13-14/h2-5,8,10,15H,1H3. The second-order valence-corrected chi connectivity index (χ2v) is 3.55. The van der Waals surface area contributed by atoms with Crippen LogP contribution in [-0.4, -0.2) is 38.5 Å². The highest BCUT2D eigenvalue weighted by Crippen LogP contribution is 2.39. The molecule has 2 aromatic heterocycles. The molecule has 0 spiro atoms. The van der Waals surface area contributed by atoms with Crippen LogP contribution in [0.15, 0.2) is 24.7 Å². The van der Waals surface area contributed by atoms with Crippen molar-refractivity contribution in [3.05, 3.63) is 30.2 Å². The van der Waals surface area contributed by atoms with Crippen molar-refractivity contribution in [3.8, 4) is 11.6 Å². The van der Waals surface area contributed by atoms with E-state index in [-0.39, 0.29) is 0 Å². The Bertz CT molecular complexity index is 528. The number of methoxy groups -OCH3 is 1. The van der Waals surface area contributed by atoms with E-state index in [2.05, 4.69) is 15.2 Å². The summed E-state index contributed by atoms with van der Waals surface area (Å²) in [4.78, 5) is 5.59. The van der Waals surface area contributed by atoms with Gasteiger partial charge in [0.2, 0.25) is 0 Å². The minimum absolute atomic E-state index is 0.390. The molecule has 7 nitrogen and oxygen atoms in total. The SMILES string of the molecule is COc1cnc(-n2nccn2)c(C2OC2O)c1. The molecule has 0 aliphatic carbocycles. The Morgan fingerprint density at radius 2 is 2.12 bits per heavy atom. The van der Waals surface area contributed by atoms with Crippen LogP contribution in [0.25, 0.3) is 5.82 Å². The molecule has 0 amide bonds. The molecule has 3 rings (SSSR count). The van der Waals surface area contributed by atoms with E-state index in [1.165, 1.54) is 4.80 Å². The zero-order valence-electron chi connectivity index (χ0n) is 9.02. The fourth-order valence-corrected chi connectivity index (χ4v) is 1.60. The minimum Gasteiger partial charge on any atom is -0.495 e. The summed E-state index contributed by atoms with van der Waals surface area (Å²) in [6, 6.07) is 1.76. The number of rotatable bonds is 3. The van der Waals surface area contributed by atoms with Crippen LogP contribution in [0.2, 0.25) is 0 Å². The van der Waals surface area contributed by atoms with Crippen molar-refractivity contribution in [3.63, 3.8) is 0 Å². The van der Waals surface area contributed by atoms with Crippen molar-refractivity contribution in [1.29, 1.82) is 0 Å². The molecule has 0 aromatic carbocycles. The Balaban J connectivity index is 2.08. The van der Waals surface area contributed by atoms with Crippen LogP contribution in [0, 0.1) is 0 Å². The molecule has 1 fully saturated rings. The third kappa shape index (κ3) is 1.75. The summed E-state index contributed by atoms with van der Waals surface area (Å²) in [5.41, 5.74) is 0.702. The maximum atomic E-state index is 9.32. The first-order valence-electron chi connectivity index (χ1n) is 5.04. The summed E-state index contributed by atoms with van der Waals surface area (Å²) < 4.78 is 10.1. The summed E-state index contributed by atoms with van der Waals surface area (Å²) in [5, 5.41) is 17.3. The van der Waals surface area contributed by atoms with Gasteiger partial charge in [-0.05, 0) is 6.07 Å². The summed E-state index contributed by atoms with van der Waals surface area (Å²) in [5.74, 6) is 1.12. The van der Waals surface area contributed by atoms with Crippen molar-refractivity contribution in [1.82, 2.24) is 20.0 Å². The highest BCUT2D eigenvalue weighted by molar-refractivity contribution is 5.40.